The molecule has 0 bridgehead atoms. The van der Waals surface area contributed by atoms with Gasteiger partial charge in [-0.05, 0) is 60.6 Å². The first-order valence-corrected chi connectivity index (χ1v) is 7.32. The van der Waals surface area contributed by atoms with Crippen LogP contribution in [0.5, 0.6) is 0 Å². The van der Waals surface area contributed by atoms with Crippen LogP contribution in [0, 0.1) is 0 Å². The maximum Gasteiger partial charge on any atom is 0.0458 e. The Kier molecular flexibility index (Phi) is 4.65. The van der Waals surface area contributed by atoms with Crippen LogP contribution in [-0.2, 0) is 6.54 Å². The lowest BCUT2D eigenvalue weighted by molar-refractivity contribution is 0.194. The van der Waals surface area contributed by atoms with Crippen molar-refractivity contribution >= 4 is 21.6 Å². The van der Waals surface area contributed by atoms with Gasteiger partial charge in [0.1, 0.15) is 0 Å². The Hall–Kier alpha value is -0.580. The Bertz CT molecular complexity index is 408. The minimum absolute atomic E-state index is 0.605. The number of anilines is 1. The molecule has 1 aliphatic rings. The number of likely N-dealkylation sites (N-methyl/N-ethyl adjacent to an activating group) is 1. The Balaban J connectivity index is 2.05. The van der Waals surface area contributed by atoms with E-state index >= 15 is 0 Å². The molecular formula is C14H22BrN3. The zero-order valence-corrected chi connectivity index (χ0v) is 12.8. The van der Waals surface area contributed by atoms with Gasteiger partial charge in [0.2, 0.25) is 0 Å². The van der Waals surface area contributed by atoms with Gasteiger partial charge in [-0.15, -0.1) is 0 Å². The molecule has 1 aromatic carbocycles. The van der Waals surface area contributed by atoms with Crippen molar-refractivity contribution in [3.05, 3.63) is 28.2 Å². The third kappa shape index (κ3) is 3.46. The minimum atomic E-state index is 0.605. The highest BCUT2D eigenvalue weighted by molar-refractivity contribution is 9.10. The van der Waals surface area contributed by atoms with Crippen LogP contribution in [0.15, 0.2) is 22.7 Å². The van der Waals surface area contributed by atoms with E-state index in [0.717, 1.165) is 23.2 Å². The number of halogens is 1. The van der Waals surface area contributed by atoms with E-state index in [1.165, 1.54) is 25.1 Å². The summed E-state index contributed by atoms with van der Waals surface area (Å²) in [6, 6.07) is 6.85. The second-order valence-corrected chi connectivity index (χ2v) is 6.15. The molecule has 2 rings (SSSR count). The van der Waals surface area contributed by atoms with Crippen LogP contribution in [0.2, 0.25) is 0 Å². The van der Waals surface area contributed by atoms with Crippen molar-refractivity contribution in [2.75, 3.05) is 32.4 Å². The number of hydrogen-bond donors (Lipinski definition) is 1. The van der Waals surface area contributed by atoms with Gasteiger partial charge < -0.3 is 10.6 Å². The molecule has 1 aromatic rings. The highest BCUT2D eigenvalue weighted by Gasteiger charge is 2.19. The summed E-state index contributed by atoms with van der Waals surface area (Å²) in [6.07, 6.45) is 1.25. The topological polar surface area (TPSA) is 32.5 Å². The Morgan fingerprint density at radius 1 is 1.39 bits per heavy atom. The van der Waals surface area contributed by atoms with E-state index in [1.54, 1.807) is 0 Å². The summed E-state index contributed by atoms with van der Waals surface area (Å²) in [5.41, 5.74) is 7.96. The smallest absolute Gasteiger partial charge is 0.0458 e. The maximum absolute atomic E-state index is 5.83. The summed E-state index contributed by atoms with van der Waals surface area (Å²) in [5, 5.41) is 0. The van der Waals surface area contributed by atoms with Crippen LogP contribution in [-0.4, -0.2) is 42.5 Å². The summed E-state index contributed by atoms with van der Waals surface area (Å²) in [7, 11) is 2.21. The minimum Gasteiger partial charge on any atom is -0.398 e. The van der Waals surface area contributed by atoms with Crippen molar-refractivity contribution in [3.63, 3.8) is 0 Å². The molecule has 1 saturated heterocycles. The average molecular weight is 312 g/mol. The van der Waals surface area contributed by atoms with Crippen molar-refractivity contribution in [2.45, 2.75) is 25.9 Å². The molecule has 0 radical (unpaired) electrons. The maximum atomic E-state index is 5.83. The van der Waals surface area contributed by atoms with Crippen LogP contribution in [0.4, 0.5) is 5.69 Å². The van der Waals surface area contributed by atoms with Crippen LogP contribution in [0.1, 0.15) is 18.9 Å². The molecule has 0 spiro atoms. The van der Waals surface area contributed by atoms with Gasteiger partial charge in [0.05, 0.1) is 0 Å². The van der Waals surface area contributed by atoms with Crippen LogP contribution >= 0.6 is 15.9 Å². The van der Waals surface area contributed by atoms with Crippen molar-refractivity contribution in [1.29, 1.82) is 0 Å². The molecule has 100 valence electrons. The molecule has 1 heterocycles. The fourth-order valence-corrected chi connectivity index (χ4v) is 2.99. The molecule has 1 fully saturated rings. The third-order valence-electron chi connectivity index (χ3n) is 3.63. The zero-order chi connectivity index (χ0) is 13.1. The first kappa shape index (κ1) is 13.8. The first-order chi connectivity index (χ1) is 8.56. The number of benzene rings is 1. The molecule has 1 aliphatic heterocycles. The summed E-state index contributed by atoms with van der Waals surface area (Å²) in [6.45, 7) is 6.85. The Labute approximate surface area is 118 Å². The molecule has 18 heavy (non-hydrogen) atoms. The molecule has 0 amide bonds. The summed E-state index contributed by atoms with van der Waals surface area (Å²) in [5.74, 6) is 0. The van der Waals surface area contributed by atoms with Gasteiger partial charge in [-0.3, -0.25) is 4.90 Å². The van der Waals surface area contributed by atoms with Gasteiger partial charge in [0.25, 0.3) is 0 Å². The van der Waals surface area contributed by atoms with Gasteiger partial charge in [-0.2, -0.15) is 0 Å². The number of nitrogens with zero attached hydrogens (tertiary/aromatic N) is 2. The predicted octanol–water partition coefficient (Wildman–Crippen LogP) is 2.56. The van der Waals surface area contributed by atoms with E-state index in [-0.39, 0.29) is 0 Å². The molecule has 2 N–H and O–H groups in total. The second-order valence-electron chi connectivity index (χ2n) is 5.29. The van der Waals surface area contributed by atoms with E-state index < -0.39 is 0 Å². The van der Waals surface area contributed by atoms with Crippen LogP contribution in [0.25, 0.3) is 0 Å². The molecule has 1 unspecified atom stereocenters. The second kappa shape index (κ2) is 6.04. The van der Waals surface area contributed by atoms with Gasteiger partial charge in [-0.25, -0.2) is 0 Å². The normalized spacial score (nSPS) is 22.9. The zero-order valence-electron chi connectivity index (χ0n) is 11.2. The Morgan fingerprint density at radius 2 is 2.17 bits per heavy atom. The predicted molar refractivity (Wildman–Crippen MR) is 80.5 cm³/mol. The van der Waals surface area contributed by atoms with E-state index in [0.29, 0.717) is 6.04 Å². The highest BCUT2D eigenvalue weighted by Crippen LogP contribution is 2.22. The molecule has 0 aliphatic carbocycles. The number of rotatable bonds is 2. The van der Waals surface area contributed by atoms with Gasteiger partial charge in [0.15, 0.2) is 0 Å². The average Bonchev–Trinajstić information content (AvgIpc) is 2.46. The number of nitrogen functional groups attached to an aromatic ring is 1. The largest absolute Gasteiger partial charge is 0.398 e. The van der Waals surface area contributed by atoms with E-state index in [1.807, 2.05) is 6.07 Å². The summed E-state index contributed by atoms with van der Waals surface area (Å²) >= 11 is 3.50. The summed E-state index contributed by atoms with van der Waals surface area (Å²) < 4.78 is 1.000. The Morgan fingerprint density at radius 3 is 2.89 bits per heavy atom. The van der Waals surface area contributed by atoms with E-state index in [4.69, 9.17) is 5.73 Å². The van der Waals surface area contributed by atoms with Crippen molar-refractivity contribution < 1.29 is 0 Å². The van der Waals surface area contributed by atoms with Gasteiger partial charge in [-0.1, -0.05) is 6.07 Å². The lowest BCUT2D eigenvalue weighted by Crippen LogP contribution is -2.37. The van der Waals surface area contributed by atoms with Crippen LogP contribution in [0.3, 0.4) is 0 Å². The van der Waals surface area contributed by atoms with Gasteiger partial charge >= 0.3 is 0 Å². The van der Waals surface area contributed by atoms with Crippen LogP contribution < -0.4 is 5.73 Å². The van der Waals surface area contributed by atoms with Crippen molar-refractivity contribution in [1.82, 2.24) is 9.80 Å². The van der Waals surface area contributed by atoms with Gasteiger partial charge in [0, 0.05) is 35.8 Å². The SMILES string of the molecule is CC1CN(C)CCCN1Cc1ccc(N)c(Br)c1. The fraction of sp³-hybridized carbons (Fsp3) is 0.571. The quantitative estimate of drug-likeness (QED) is 0.852. The highest BCUT2D eigenvalue weighted by atomic mass is 79.9. The first-order valence-electron chi connectivity index (χ1n) is 6.53. The van der Waals surface area contributed by atoms with E-state index in [2.05, 4.69) is 51.8 Å². The number of nitrogens with two attached hydrogens (primary N) is 1. The number of hydrogen-bond acceptors (Lipinski definition) is 3. The third-order valence-corrected chi connectivity index (χ3v) is 4.32. The standard InChI is InChI=1S/C14H22BrN3/c1-11-9-17(2)6-3-7-18(11)10-12-4-5-14(16)13(15)8-12/h4-5,8,11H,3,6-7,9-10,16H2,1-2H3. The molecule has 4 heteroatoms. The lowest BCUT2D eigenvalue weighted by Gasteiger charge is -2.28. The molecule has 0 saturated carbocycles. The fourth-order valence-electron chi connectivity index (χ4n) is 2.56. The van der Waals surface area contributed by atoms with E-state index in [9.17, 15) is 0 Å². The molecule has 1 atom stereocenters. The molecule has 3 nitrogen and oxygen atoms in total. The molecule has 0 aromatic heterocycles. The van der Waals surface area contributed by atoms with Crippen molar-refractivity contribution in [2.24, 2.45) is 0 Å². The lowest BCUT2D eigenvalue weighted by atomic mass is 10.1. The monoisotopic (exact) mass is 311 g/mol. The molecular weight excluding hydrogens is 290 g/mol. The summed E-state index contributed by atoms with van der Waals surface area (Å²) in [4.78, 5) is 4.98. The van der Waals surface area contributed by atoms with Crippen molar-refractivity contribution in [3.8, 4) is 0 Å².